The number of carbonyl (C=O) groups is 2. The van der Waals surface area contributed by atoms with Gasteiger partial charge >= 0.3 is 5.97 Å². The van der Waals surface area contributed by atoms with Gasteiger partial charge in [0.2, 0.25) is 5.91 Å². The van der Waals surface area contributed by atoms with Crippen molar-refractivity contribution >= 4 is 22.6 Å². The van der Waals surface area contributed by atoms with Crippen molar-refractivity contribution in [2.45, 2.75) is 38.4 Å². The maximum absolute atomic E-state index is 13.1. The van der Waals surface area contributed by atoms with Gasteiger partial charge in [0.1, 0.15) is 11.9 Å². The number of rotatable bonds is 3. The van der Waals surface area contributed by atoms with Crippen molar-refractivity contribution in [1.82, 2.24) is 19.7 Å². The zero-order chi connectivity index (χ0) is 19.4. The lowest BCUT2D eigenvalue weighted by atomic mass is 10.0. The third-order valence-corrected chi connectivity index (χ3v) is 5.93. The Labute approximate surface area is 161 Å². The van der Waals surface area contributed by atoms with Gasteiger partial charge in [0.05, 0.1) is 13.1 Å². The van der Waals surface area contributed by atoms with Gasteiger partial charge in [0.25, 0.3) is 0 Å². The van der Waals surface area contributed by atoms with Gasteiger partial charge < -0.3 is 14.6 Å². The Morgan fingerprint density at radius 2 is 1.89 bits per heavy atom. The second-order valence-electron chi connectivity index (χ2n) is 7.65. The Hall–Kier alpha value is -3.22. The molecule has 28 heavy (non-hydrogen) atoms. The number of carbonyl (C=O) groups excluding carboxylic acids is 1. The number of hydrogen-bond acceptors (Lipinski definition) is 4. The molecule has 3 atom stereocenters. The molecule has 0 bridgehead atoms. The highest BCUT2D eigenvalue weighted by molar-refractivity contribution is 5.89. The topological polar surface area (TPSA) is 88.3 Å². The largest absolute Gasteiger partial charge is 0.480 e. The molecule has 3 unspecified atom stereocenters. The van der Waals surface area contributed by atoms with Crippen LogP contribution in [0.5, 0.6) is 0 Å². The van der Waals surface area contributed by atoms with Crippen molar-refractivity contribution in [1.29, 1.82) is 0 Å². The summed E-state index contributed by atoms with van der Waals surface area (Å²) in [7, 11) is 0. The summed E-state index contributed by atoms with van der Waals surface area (Å²) < 4.78 is 1.79. The fourth-order valence-electron chi connectivity index (χ4n) is 4.24. The number of aromatic nitrogens is 3. The van der Waals surface area contributed by atoms with Crippen LogP contribution in [-0.2, 0) is 22.7 Å². The van der Waals surface area contributed by atoms with Gasteiger partial charge in [-0.15, -0.1) is 10.2 Å². The number of nitrogens with zero attached hydrogens (tertiary/aromatic N) is 4. The second-order valence-corrected chi connectivity index (χ2v) is 7.65. The van der Waals surface area contributed by atoms with E-state index in [1.807, 2.05) is 12.1 Å². The number of aryl methyl sites for hydroxylation is 1. The molecule has 1 saturated carbocycles. The van der Waals surface area contributed by atoms with Crippen LogP contribution in [0.2, 0.25) is 0 Å². The average molecular weight is 376 g/mol. The summed E-state index contributed by atoms with van der Waals surface area (Å²) in [6.07, 6.45) is 0.756. The quantitative estimate of drug-likeness (QED) is 0.758. The highest BCUT2D eigenvalue weighted by atomic mass is 16.4. The molecule has 1 N–H and O–H groups in total. The van der Waals surface area contributed by atoms with Gasteiger partial charge in [-0.3, -0.25) is 4.79 Å². The molecular formula is C21H20N4O3. The molecule has 142 valence electrons. The van der Waals surface area contributed by atoms with E-state index < -0.39 is 12.0 Å². The molecule has 2 heterocycles. The maximum atomic E-state index is 13.1. The van der Waals surface area contributed by atoms with Crippen molar-refractivity contribution in [3.05, 3.63) is 59.7 Å². The highest BCUT2D eigenvalue weighted by Crippen LogP contribution is 2.49. The van der Waals surface area contributed by atoms with Crippen molar-refractivity contribution < 1.29 is 14.7 Å². The molecule has 1 aliphatic carbocycles. The fraction of sp³-hybridized carbons (Fsp3) is 0.333. The molecule has 3 aromatic rings. The lowest BCUT2D eigenvalue weighted by Gasteiger charge is -2.33. The van der Waals surface area contributed by atoms with E-state index >= 15 is 0 Å². The summed E-state index contributed by atoms with van der Waals surface area (Å²) in [5.74, 6) is 0.208. The fourth-order valence-corrected chi connectivity index (χ4v) is 4.24. The van der Waals surface area contributed by atoms with Crippen LogP contribution < -0.4 is 0 Å². The van der Waals surface area contributed by atoms with Crippen molar-refractivity contribution in [3.8, 4) is 0 Å². The molecule has 7 nitrogen and oxygen atoms in total. The molecule has 1 amide bonds. The smallest absolute Gasteiger partial charge is 0.328 e. The molecule has 5 rings (SSSR count). The van der Waals surface area contributed by atoms with Gasteiger partial charge in [-0.05, 0) is 35.6 Å². The van der Waals surface area contributed by atoms with Crippen LogP contribution in [0.1, 0.15) is 29.6 Å². The monoisotopic (exact) mass is 376 g/mol. The van der Waals surface area contributed by atoms with Crippen molar-refractivity contribution in [2.75, 3.05) is 0 Å². The number of amides is 1. The van der Waals surface area contributed by atoms with Crippen LogP contribution in [0, 0.1) is 12.8 Å². The van der Waals surface area contributed by atoms with Gasteiger partial charge in [-0.1, -0.05) is 42.5 Å². The van der Waals surface area contributed by atoms with E-state index in [-0.39, 0.29) is 30.8 Å². The SMILES string of the molecule is Cc1nnc2n1CC(C(=O)O)N(C(=O)C1CC1c1ccc3ccccc3c1)C2. The minimum Gasteiger partial charge on any atom is -0.480 e. The standard InChI is InChI=1S/C21H20N4O3/c1-12-22-23-19-11-25(18(21(27)28)10-24(12)19)20(26)17-9-16(17)15-7-6-13-4-2-3-5-14(13)8-15/h2-8,16-18H,9-11H2,1H3,(H,27,28). The van der Waals surface area contributed by atoms with Crippen molar-refractivity contribution in [2.24, 2.45) is 5.92 Å². The van der Waals surface area contributed by atoms with E-state index in [4.69, 9.17) is 0 Å². The van der Waals surface area contributed by atoms with Gasteiger partial charge in [-0.2, -0.15) is 0 Å². The van der Waals surface area contributed by atoms with E-state index in [0.717, 1.165) is 17.4 Å². The van der Waals surface area contributed by atoms with Crippen LogP contribution in [0.3, 0.4) is 0 Å². The normalized spacial score (nSPS) is 23.5. The predicted molar refractivity (Wildman–Crippen MR) is 102 cm³/mol. The summed E-state index contributed by atoms with van der Waals surface area (Å²) in [6.45, 7) is 2.18. The first-order chi connectivity index (χ1) is 13.5. The minimum atomic E-state index is -0.991. The molecule has 0 spiro atoms. The Morgan fingerprint density at radius 1 is 1.11 bits per heavy atom. The van der Waals surface area contributed by atoms with Crippen LogP contribution in [0.4, 0.5) is 0 Å². The van der Waals surface area contributed by atoms with E-state index in [1.54, 1.807) is 11.5 Å². The zero-order valence-electron chi connectivity index (χ0n) is 15.4. The molecular weight excluding hydrogens is 356 g/mol. The first kappa shape index (κ1) is 16.9. The molecule has 7 heteroatoms. The summed E-state index contributed by atoms with van der Waals surface area (Å²) in [6, 6.07) is 13.6. The molecule has 1 aliphatic heterocycles. The molecule has 0 radical (unpaired) electrons. The third-order valence-electron chi connectivity index (χ3n) is 5.93. The van der Waals surface area contributed by atoms with Gasteiger partial charge in [0.15, 0.2) is 5.82 Å². The number of carboxylic acids is 1. The average Bonchev–Trinajstić information content (AvgIpc) is 3.43. The van der Waals surface area contributed by atoms with E-state index in [1.165, 1.54) is 10.3 Å². The predicted octanol–water partition coefficient (Wildman–Crippen LogP) is 2.34. The highest BCUT2D eigenvalue weighted by Gasteiger charge is 2.49. The number of fused-ring (bicyclic) bond motifs is 2. The Balaban J connectivity index is 1.39. The third kappa shape index (κ3) is 2.66. The minimum absolute atomic E-state index is 0.0996. The molecule has 1 fully saturated rings. The van der Waals surface area contributed by atoms with E-state index in [9.17, 15) is 14.7 Å². The van der Waals surface area contributed by atoms with Crippen LogP contribution in [-0.4, -0.2) is 42.7 Å². The Kier molecular flexibility index (Phi) is 3.72. The lowest BCUT2D eigenvalue weighted by Crippen LogP contribution is -2.51. The molecule has 2 aromatic carbocycles. The molecule has 0 saturated heterocycles. The summed E-state index contributed by atoms with van der Waals surface area (Å²) in [5.41, 5.74) is 1.14. The van der Waals surface area contributed by atoms with Gasteiger partial charge in [-0.25, -0.2) is 4.79 Å². The summed E-state index contributed by atoms with van der Waals surface area (Å²) in [4.78, 5) is 26.4. The first-order valence-electron chi connectivity index (χ1n) is 9.43. The van der Waals surface area contributed by atoms with Crippen LogP contribution >= 0.6 is 0 Å². The van der Waals surface area contributed by atoms with E-state index in [2.05, 4.69) is 40.5 Å². The van der Waals surface area contributed by atoms with E-state index in [0.29, 0.717) is 11.6 Å². The number of carboxylic acid groups (broad SMARTS) is 1. The molecule has 1 aromatic heterocycles. The van der Waals surface area contributed by atoms with Crippen LogP contribution in [0.15, 0.2) is 42.5 Å². The van der Waals surface area contributed by atoms with Crippen LogP contribution in [0.25, 0.3) is 10.8 Å². The summed E-state index contributed by atoms with van der Waals surface area (Å²) in [5, 5.41) is 20.1. The Bertz CT molecular complexity index is 1110. The van der Waals surface area contributed by atoms with Gasteiger partial charge in [0, 0.05) is 5.92 Å². The zero-order valence-corrected chi connectivity index (χ0v) is 15.4. The second kappa shape index (κ2) is 6.15. The first-order valence-corrected chi connectivity index (χ1v) is 9.43. The number of aliphatic carboxylic acids is 1. The maximum Gasteiger partial charge on any atom is 0.328 e. The molecule has 2 aliphatic rings. The van der Waals surface area contributed by atoms with Crippen molar-refractivity contribution in [3.63, 3.8) is 0 Å². The number of hydrogen-bond donors (Lipinski definition) is 1. The summed E-state index contributed by atoms with van der Waals surface area (Å²) >= 11 is 0. The Morgan fingerprint density at radius 3 is 2.68 bits per heavy atom. The number of benzene rings is 2. The lowest BCUT2D eigenvalue weighted by molar-refractivity contribution is -0.153.